The van der Waals surface area contributed by atoms with Crippen LogP contribution >= 0.6 is 11.6 Å². The summed E-state index contributed by atoms with van der Waals surface area (Å²) in [6.07, 6.45) is 1.06. The maximum absolute atomic E-state index is 12.9. The lowest BCUT2D eigenvalue weighted by molar-refractivity contribution is -0.267. The highest BCUT2D eigenvalue weighted by Gasteiger charge is 2.64. The van der Waals surface area contributed by atoms with Gasteiger partial charge in [-0.1, -0.05) is 24.3 Å². The summed E-state index contributed by atoms with van der Waals surface area (Å²) in [7, 11) is 0.833. The van der Waals surface area contributed by atoms with E-state index in [2.05, 4.69) is 4.74 Å². The molecule has 0 saturated carbocycles. The average Bonchev–Trinajstić information content (AvgIpc) is 2.18. The van der Waals surface area contributed by atoms with Gasteiger partial charge in [0.2, 0.25) is 5.60 Å². The minimum absolute atomic E-state index is 0.0578. The molecule has 0 amide bonds. The fraction of sp³-hybridized carbons (Fsp3) is 0.500. The molecule has 0 aromatic rings. The lowest BCUT2D eigenvalue weighted by Crippen LogP contribution is -2.57. The van der Waals surface area contributed by atoms with Crippen molar-refractivity contribution >= 4 is 16.8 Å². The van der Waals surface area contributed by atoms with Gasteiger partial charge in [0.15, 0.2) is 0 Å². The Hall–Kier alpha value is -0.810. The Labute approximate surface area is 95.7 Å². The first-order valence-corrected chi connectivity index (χ1v) is 4.89. The van der Waals surface area contributed by atoms with Gasteiger partial charge in [0.25, 0.3) is 5.24 Å². The van der Waals surface area contributed by atoms with Crippen LogP contribution in [0.25, 0.3) is 0 Å². The quantitative estimate of drug-likeness (QED) is 0.724. The Morgan fingerprint density at radius 2 is 2.06 bits per heavy atom. The largest absolute Gasteiger partial charge is 0.426 e. The van der Waals surface area contributed by atoms with E-state index in [9.17, 15) is 18.0 Å². The fourth-order valence-corrected chi connectivity index (χ4v) is 2.02. The first-order valence-electron chi connectivity index (χ1n) is 4.51. The first-order chi connectivity index (χ1) is 7.36. The Morgan fingerprint density at radius 1 is 1.44 bits per heavy atom. The summed E-state index contributed by atoms with van der Waals surface area (Å²) in [5, 5.41) is -1.55. The van der Waals surface area contributed by atoms with Gasteiger partial charge in [-0.3, -0.25) is 4.79 Å². The van der Waals surface area contributed by atoms with Crippen LogP contribution < -0.4 is 0 Å². The molecule has 2 nitrogen and oxygen atoms in total. The van der Waals surface area contributed by atoms with E-state index >= 15 is 0 Å². The van der Waals surface area contributed by atoms with Crippen LogP contribution in [0.3, 0.4) is 0 Å². The Balaban J connectivity index is 3.18. The van der Waals surface area contributed by atoms with Gasteiger partial charge >= 0.3 is 6.18 Å². The number of rotatable bonds is 3. The molecule has 0 aromatic carbocycles. The van der Waals surface area contributed by atoms with Crippen molar-refractivity contribution in [3.63, 3.8) is 0 Å². The smallest absolute Gasteiger partial charge is 0.360 e. The summed E-state index contributed by atoms with van der Waals surface area (Å²) in [5.41, 5.74) is -2.96. The van der Waals surface area contributed by atoms with Gasteiger partial charge < -0.3 is 4.74 Å². The van der Waals surface area contributed by atoms with Crippen molar-refractivity contribution in [2.45, 2.75) is 18.2 Å². The predicted molar refractivity (Wildman–Crippen MR) is 53.0 cm³/mol. The minimum Gasteiger partial charge on any atom is -0.360 e. The van der Waals surface area contributed by atoms with Gasteiger partial charge in [-0.25, -0.2) is 0 Å². The maximum atomic E-state index is 12.9. The number of hydrogen-bond donors (Lipinski definition) is 0. The van der Waals surface area contributed by atoms with Crippen molar-refractivity contribution in [1.29, 1.82) is 0 Å². The Bertz CT molecular complexity index is 335. The van der Waals surface area contributed by atoms with E-state index in [4.69, 9.17) is 11.6 Å². The molecule has 0 bridgehead atoms. The molecule has 0 spiro atoms. The van der Waals surface area contributed by atoms with E-state index in [0.29, 0.717) is 0 Å². The number of methoxy groups -OCH3 is 1. The highest BCUT2D eigenvalue weighted by atomic mass is 35.5. The third-order valence-corrected chi connectivity index (χ3v) is 2.82. The fourth-order valence-electron chi connectivity index (χ4n) is 1.70. The number of allylic oxidation sites excluding steroid dienone is 3. The molecule has 0 saturated heterocycles. The molecule has 0 fully saturated rings. The van der Waals surface area contributed by atoms with E-state index in [0.717, 1.165) is 7.11 Å². The molecule has 2 atom stereocenters. The second kappa shape index (κ2) is 4.59. The van der Waals surface area contributed by atoms with Gasteiger partial charge in [0.05, 0.1) is 0 Å². The van der Waals surface area contributed by atoms with Crippen molar-refractivity contribution in [2.75, 3.05) is 7.11 Å². The minimum atomic E-state index is -4.85. The van der Waals surface area contributed by atoms with E-state index in [1.54, 1.807) is 6.08 Å². The van der Waals surface area contributed by atoms with Gasteiger partial charge in [0.1, 0.15) is 0 Å². The zero-order valence-electron chi connectivity index (χ0n) is 8.42. The van der Waals surface area contributed by atoms with E-state index in [-0.39, 0.29) is 6.42 Å². The van der Waals surface area contributed by atoms with Crippen LogP contribution in [0.15, 0.2) is 24.3 Å². The van der Waals surface area contributed by atoms with Crippen molar-refractivity contribution < 1.29 is 22.7 Å². The molecule has 16 heavy (non-hydrogen) atoms. The van der Waals surface area contributed by atoms with Crippen molar-refractivity contribution in [3.05, 3.63) is 24.3 Å². The average molecular weight is 255 g/mol. The normalized spacial score (nSPS) is 24.2. The van der Waals surface area contributed by atoms with Gasteiger partial charge in [-0.2, -0.15) is 13.2 Å². The Morgan fingerprint density at radius 3 is 2.38 bits per heavy atom. The molecule has 1 aliphatic carbocycles. The van der Waals surface area contributed by atoms with Crippen molar-refractivity contribution in [3.8, 4) is 0 Å². The lowest BCUT2D eigenvalue weighted by Gasteiger charge is -2.36. The van der Waals surface area contributed by atoms with Crippen molar-refractivity contribution in [1.82, 2.24) is 0 Å². The monoisotopic (exact) mass is 254 g/mol. The molecule has 1 aliphatic rings. The summed E-state index contributed by atoms with van der Waals surface area (Å²) in [5.74, 6) is -1.13. The molecular weight excluding hydrogens is 245 g/mol. The highest BCUT2D eigenvalue weighted by molar-refractivity contribution is 6.65. The number of hydrogen-bond acceptors (Lipinski definition) is 2. The van der Waals surface area contributed by atoms with Crippen molar-refractivity contribution in [2.24, 2.45) is 5.92 Å². The summed E-state index contributed by atoms with van der Waals surface area (Å²) in [6, 6.07) is 0. The molecule has 0 aliphatic heterocycles. The Kier molecular flexibility index (Phi) is 3.80. The number of halogens is 4. The van der Waals surface area contributed by atoms with E-state index in [1.807, 2.05) is 0 Å². The maximum Gasteiger partial charge on any atom is 0.426 e. The van der Waals surface area contributed by atoms with Gasteiger partial charge in [0, 0.05) is 13.0 Å². The lowest BCUT2D eigenvalue weighted by atomic mass is 9.83. The van der Waals surface area contributed by atoms with Gasteiger partial charge in [-0.15, -0.1) is 0 Å². The predicted octanol–water partition coefficient (Wildman–Crippen LogP) is 2.83. The zero-order valence-corrected chi connectivity index (χ0v) is 9.18. The van der Waals surface area contributed by atoms with Crippen LogP contribution in [0.1, 0.15) is 6.42 Å². The van der Waals surface area contributed by atoms with E-state index in [1.165, 1.54) is 18.2 Å². The van der Waals surface area contributed by atoms with Crippen LogP contribution in [0.2, 0.25) is 0 Å². The molecule has 0 heterocycles. The van der Waals surface area contributed by atoms with Gasteiger partial charge in [-0.05, 0) is 18.0 Å². The number of ether oxygens (including phenoxy) is 1. The molecule has 1 rings (SSSR count). The summed E-state index contributed by atoms with van der Waals surface area (Å²) in [4.78, 5) is 11.1. The number of carbonyl (C=O) groups excluding carboxylic acids is 1. The number of alkyl halides is 3. The highest BCUT2D eigenvalue weighted by Crippen LogP contribution is 2.43. The summed E-state index contributed by atoms with van der Waals surface area (Å²) in [6.45, 7) is 0. The summed E-state index contributed by atoms with van der Waals surface area (Å²) >= 11 is 5.08. The zero-order chi connectivity index (χ0) is 12.4. The van der Waals surface area contributed by atoms with Crippen LogP contribution in [-0.2, 0) is 9.53 Å². The second-order valence-corrected chi connectivity index (χ2v) is 3.71. The first kappa shape index (κ1) is 13.3. The molecule has 1 unspecified atom stereocenters. The molecule has 90 valence electrons. The van der Waals surface area contributed by atoms with Crippen LogP contribution in [0, 0.1) is 5.92 Å². The third-order valence-electron chi connectivity index (χ3n) is 2.54. The summed E-state index contributed by atoms with van der Waals surface area (Å²) < 4.78 is 43.2. The van der Waals surface area contributed by atoms with Crippen LogP contribution in [0.4, 0.5) is 13.2 Å². The SMILES string of the molecule is CO[C@](C(=O)Cl)(C1C=CC=CC1)C(F)(F)F. The van der Waals surface area contributed by atoms with Crippen LogP contribution in [0.5, 0.6) is 0 Å². The molecular formula is C10H10ClF3O2. The standard InChI is InChI=1S/C10H10ClF3O2/c1-16-9(8(11)15,10(12,13)14)7-5-3-2-4-6-7/h2-5,7H,6H2,1H3/t7?,9-/m0/s1. The van der Waals surface area contributed by atoms with Crippen LogP contribution in [-0.4, -0.2) is 24.1 Å². The molecule has 0 aromatic heterocycles. The molecule has 0 N–H and O–H groups in total. The third kappa shape index (κ3) is 2.01. The topological polar surface area (TPSA) is 26.3 Å². The second-order valence-electron chi connectivity index (χ2n) is 3.37. The molecule has 0 radical (unpaired) electrons. The number of carbonyl (C=O) groups is 1. The molecule has 6 heteroatoms. The van der Waals surface area contributed by atoms with E-state index < -0.39 is 22.9 Å².